The minimum atomic E-state index is -3.98. The van der Waals surface area contributed by atoms with Crippen LogP contribution in [0.2, 0.25) is 0 Å². The molecule has 0 unspecified atom stereocenters. The van der Waals surface area contributed by atoms with Gasteiger partial charge in [-0.3, -0.25) is 9.35 Å². The first kappa shape index (κ1) is 33.6. The number of carbonyl (C=O) groups is 3. The monoisotopic (exact) mass is 502 g/mol. The fraction of sp³-hybridized carbons (Fsp3) is 0.667. The Balaban J connectivity index is -0.00000450. The van der Waals surface area contributed by atoms with Crippen LogP contribution in [0.1, 0.15) is 60.7 Å². The van der Waals surface area contributed by atoms with E-state index in [0.717, 1.165) is 0 Å². The molecular weight excluding hydrogens is 467 g/mol. The third-order valence-corrected chi connectivity index (χ3v) is 5.15. The Morgan fingerprint density at radius 2 is 1.38 bits per heavy atom. The van der Waals surface area contributed by atoms with Crippen molar-refractivity contribution in [2.24, 2.45) is 5.41 Å². The maximum Gasteiger partial charge on any atom is 1.00 e. The summed E-state index contributed by atoms with van der Waals surface area (Å²) in [5.74, 6) is -2.30. The van der Waals surface area contributed by atoms with Crippen LogP contribution in [0.5, 0.6) is 0 Å². The van der Waals surface area contributed by atoms with Crippen LogP contribution < -0.4 is 51.4 Å². The second-order valence-corrected chi connectivity index (χ2v) is 9.15. The van der Waals surface area contributed by atoms with E-state index in [2.05, 4.69) is 13.2 Å². The van der Waals surface area contributed by atoms with Crippen molar-refractivity contribution in [2.75, 3.05) is 25.6 Å². The van der Waals surface area contributed by atoms with E-state index in [1.54, 1.807) is 0 Å². The molecule has 0 bridgehead atoms. The molecule has 0 saturated carbocycles. The van der Waals surface area contributed by atoms with Crippen molar-refractivity contribution in [3.8, 4) is 0 Å². The van der Waals surface area contributed by atoms with Crippen LogP contribution in [-0.2, 0) is 38.7 Å². The van der Waals surface area contributed by atoms with E-state index >= 15 is 0 Å². The van der Waals surface area contributed by atoms with E-state index in [0.29, 0.717) is 32.1 Å². The molecule has 0 aromatic rings. The van der Waals surface area contributed by atoms with Gasteiger partial charge in [0.1, 0.15) is 18.6 Å². The van der Waals surface area contributed by atoms with Crippen LogP contribution >= 0.6 is 0 Å². The molecule has 0 aliphatic heterocycles. The van der Waals surface area contributed by atoms with Gasteiger partial charge < -0.3 is 15.6 Å². The minimum absolute atomic E-state index is 0. The number of carbonyl (C=O) groups excluding carboxylic acids is 3. The summed E-state index contributed by atoms with van der Waals surface area (Å²) in [7, 11) is -3.98. The first-order chi connectivity index (χ1) is 14.3. The number of hydrogen-bond acceptors (Lipinski definition) is 8. The SMILES string of the molecule is C=C(C)C(=O)OCC(CCC)(COC(=O)C(=C)C)C(=O)OCCCCCCS(=O)(=O)O.[H-].[K+]. The van der Waals surface area contributed by atoms with E-state index < -0.39 is 33.4 Å². The molecule has 0 heterocycles. The number of unbranched alkanes of at least 4 members (excludes halogenated alkanes) is 3. The van der Waals surface area contributed by atoms with E-state index in [9.17, 15) is 22.8 Å². The zero-order valence-electron chi connectivity index (χ0n) is 20.6. The molecule has 0 fully saturated rings. The van der Waals surface area contributed by atoms with Crippen molar-refractivity contribution in [2.45, 2.75) is 59.3 Å². The summed E-state index contributed by atoms with van der Waals surface area (Å²) in [6, 6.07) is 0. The summed E-state index contributed by atoms with van der Waals surface area (Å²) in [4.78, 5) is 36.6. The third kappa shape index (κ3) is 14.6. The van der Waals surface area contributed by atoms with Crippen molar-refractivity contribution < 1.29 is 94.4 Å². The van der Waals surface area contributed by atoms with Gasteiger partial charge in [0, 0.05) is 11.1 Å². The fourth-order valence-electron chi connectivity index (χ4n) is 2.60. The molecule has 0 spiro atoms. The summed E-state index contributed by atoms with van der Waals surface area (Å²) in [6.07, 6.45) is 2.73. The zero-order valence-corrected chi connectivity index (χ0v) is 23.5. The molecule has 9 nitrogen and oxygen atoms in total. The van der Waals surface area contributed by atoms with Crippen LogP contribution in [0.4, 0.5) is 0 Å². The van der Waals surface area contributed by atoms with Gasteiger partial charge in [-0.25, -0.2) is 9.59 Å². The Kier molecular flexibility index (Phi) is 17.8. The van der Waals surface area contributed by atoms with E-state index in [4.69, 9.17) is 18.8 Å². The maximum atomic E-state index is 12.9. The van der Waals surface area contributed by atoms with Gasteiger partial charge in [0.2, 0.25) is 0 Å². The van der Waals surface area contributed by atoms with Crippen LogP contribution in [0.25, 0.3) is 0 Å². The Labute approximate surface area is 235 Å². The average Bonchev–Trinajstić information content (AvgIpc) is 2.67. The van der Waals surface area contributed by atoms with E-state index in [1.807, 2.05) is 6.92 Å². The first-order valence-corrected chi connectivity index (χ1v) is 11.7. The van der Waals surface area contributed by atoms with E-state index in [-0.39, 0.29) is 96.0 Å². The molecule has 180 valence electrons. The largest absolute Gasteiger partial charge is 1.00 e. The van der Waals surface area contributed by atoms with Crippen molar-refractivity contribution in [3.63, 3.8) is 0 Å². The van der Waals surface area contributed by atoms with Gasteiger partial charge in [-0.1, -0.05) is 39.3 Å². The first-order valence-electron chi connectivity index (χ1n) is 10.1. The smallest absolute Gasteiger partial charge is 1.00 e. The molecule has 0 rings (SSSR count). The molecule has 11 heteroatoms. The number of rotatable bonds is 16. The second-order valence-electron chi connectivity index (χ2n) is 7.58. The summed E-state index contributed by atoms with van der Waals surface area (Å²) < 4.78 is 45.8. The minimum Gasteiger partial charge on any atom is -1.00 e. The molecule has 32 heavy (non-hydrogen) atoms. The van der Waals surface area contributed by atoms with Gasteiger partial charge in [0.15, 0.2) is 0 Å². The molecule has 0 atom stereocenters. The molecule has 0 saturated heterocycles. The Hall–Kier alpha value is -0.564. The van der Waals surface area contributed by atoms with Crippen molar-refractivity contribution in [1.82, 2.24) is 0 Å². The molecule has 0 amide bonds. The van der Waals surface area contributed by atoms with Crippen molar-refractivity contribution >= 4 is 28.0 Å². The molecule has 0 aromatic heterocycles. The average molecular weight is 503 g/mol. The van der Waals surface area contributed by atoms with Gasteiger partial charge >= 0.3 is 69.3 Å². The Morgan fingerprint density at radius 3 is 1.78 bits per heavy atom. The maximum absolute atomic E-state index is 12.9. The van der Waals surface area contributed by atoms with Crippen LogP contribution in [0.15, 0.2) is 24.3 Å². The summed E-state index contributed by atoms with van der Waals surface area (Å²) in [5.41, 5.74) is -1.03. The standard InChI is InChI=1S/C21H34O9S.K.H/c1-6-11-21(14-29-18(22)16(2)3,15-30-19(23)17(4)5)20(24)28-12-9-7-8-10-13-31(25,26)27;;/h2,4,6-15H2,1,3,5H3,(H,25,26,27);;/q;+1;-1. The van der Waals surface area contributed by atoms with Gasteiger partial charge in [-0.2, -0.15) is 8.42 Å². The summed E-state index contributed by atoms with van der Waals surface area (Å²) in [6.45, 7) is 11.2. The number of ether oxygens (including phenoxy) is 3. The van der Waals surface area contributed by atoms with Crippen LogP contribution in [0.3, 0.4) is 0 Å². The molecule has 0 aromatic carbocycles. The zero-order chi connectivity index (χ0) is 24.1. The number of esters is 3. The summed E-state index contributed by atoms with van der Waals surface area (Å²) >= 11 is 0. The van der Waals surface area contributed by atoms with Gasteiger partial charge in [0.25, 0.3) is 10.1 Å². The molecule has 0 aliphatic rings. The van der Waals surface area contributed by atoms with Crippen molar-refractivity contribution in [1.29, 1.82) is 0 Å². The molecule has 0 aliphatic carbocycles. The second kappa shape index (κ2) is 17.0. The Morgan fingerprint density at radius 1 is 0.906 bits per heavy atom. The number of hydrogen-bond donors (Lipinski definition) is 1. The topological polar surface area (TPSA) is 133 Å². The fourth-order valence-corrected chi connectivity index (χ4v) is 3.17. The van der Waals surface area contributed by atoms with Gasteiger partial charge in [0.05, 0.1) is 12.4 Å². The normalized spacial score (nSPS) is 11.1. The molecular formula is C21H35KO9S. The van der Waals surface area contributed by atoms with Crippen molar-refractivity contribution in [3.05, 3.63) is 24.3 Å². The third-order valence-electron chi connectivity index (χ3n) is 4.35. The van der Waals surface area contributed by atoms with E-state index in [1.165, 1.54) is 13.8 Å². The molecule has 0 radical (unpaired) electrons. The predicted octanol–water partition coefficient (Wildman–Crippen LogP) is 0.119. The van der Waals surface area contributed by atoms with Crippen LogP contribution in [-0.4, -0.2) is 56.5 Å². The predicted molar refractivity (Wildman–Crippen MR) is 116 cm³/mol. The van der Waals surface area contributed by atoms with Crippen LogP contribution in [0, 0.1) is 5.41 Å². The quantitative estimate of drug-likeness (QED) is 0.0780. The van der Waals surface area contributed by atoms with Gasteiger partial charge in [-0.15, -0.1) is 0 Å². The van der Waals surface area contributed by atoms with Gasteiger partial charge in [-0.05, 0) is 33.1 Å². The Bertz CT molecular complexity index is 736. The summed E-state index contributed by atoms with van der Waals surface area (Å²) in [5, 5.41) is 0. The molecule has 1 N–H and O–H groups in total.